The van der Waals surface area contributed by atoms with E-state index in [1.807, 2.05) is 31.2 Å². The molecule has 1 fully saturated rings. The van der Waals surface area contributed by atoms with Gasteiger partial charge in [-0.25, -0.2) is 0 Å². The fourth-order valence-electron chi connectivity index (χ4n) is 2.36. The van der Waals surface area contributed by atoms with Crippen LogP contribution in [-0.2, 0) is 0 Å². The van der Waals surface area contributed by atoms with Crippen LogP contribution in [-0.4, -0.2) is 18.4 Å². The summed E-state index contributed by atoms with van der Waals surface area (Å²) in [5, 5.41) is 4.21. The van der Waals surface area contributed by atoms with E-state index in [9.17, 15) is 4.79 Å². The molecule has 88 valence electrons. The lowest BCUT2D eigenvalue weighted by Crippen LogP contribution is -2.30. The monoisotopic (exact) mass is 229 g/mol. The quantitative estimate of drug-likeness (QED) is 0.805. The van der Waals surface area contributed by atoms with E-state index in [1.54, 1.807) is 0 Å². The zero-order valence-corrected chi connectivity index (χ0v) is 9.82. The summed E-state index contributed by atoms with van der Waals surface area (Å²) < 4.78 is 5.61. The average Bonchev–Trinajstić information content (AvgIpc) is 2.96. The Hall–Kier alpha value is -1.61. The lowest BCUT2D eigenvalue weighted by molar-refractivity contribution is 0.0927. The largest absolute Gasteiger partial charge is 0.453 e. The van der Waals surface area contributed by atoms with E-state index in [2.05, 4.69) is 5.32 Å². The van der Waals surface area contributed by atoms with Crippen molar-refractivity contribution < 1.29 is 9.21 Å². The van der Waals surface area contributed by atoms with E-state index in [0.717, 1.165) is 30.4 Å². The van der Waals surface area contributed by atoms with Gasteiger partial charge in [0, 0.05) is 5.39 Å². The second-order valence-electron chi connectivity index (χ2n) is 4.67. The Morgan fingerprint density at radius 1 is 1.41 bits per heavy atom. The van der Waals surface area contributed by atoms with Gasteiger partial charge < -0.3 is 9.73 Å². The lowest BCUT2D eigenvalue weighted by Gasteiger charge is -2.05. The number of carbonyl (C=O) groups is 1. The summed E-state index contributed by atoms with van der Waals surface area (Å²) in [6, 6.07) is 7.75. The first-order valence-corrected chi connectivity index (χ1v) is 6.02. The zero-order chi connectivity index (χ0) is 11.8. The summed E-state index contributed by atoms with van der Waals surface area (Å²) in [6.45, 7) is 2.96. The molecule has 0 amide bonds. The highest BCUT2D eigenvalue weighted by Crippen LogP contribution is 2.22. The van der Waals surface area contributed by atoms with E-state index < -0.39 is 0 Å². The zero-order valence-electron chi connectivity index (χ0n) is 9.82. The second-order valence-corrected chi connectivity index (χ2v) is 4.67. The van der Waals surface area contributed by atoms with Gasteiger partial charge in [0.1, 0.15) is 5.58 Å². The number of fused-ring (bicyclic) bond motifs is 1. The number of furan rings is 1. The molecular formula is C14H15NO2. The normalized spacial score (nSPS) is 19.9. The molecule has 1 unspecified atom stereocenters. The fourth-order valence-corrected chi connectivity index (χ4v) is 2.36. The minimum atomic E-state index is -0.0586. The van der Waals surface area contributed by atoms with Crippen LogP contribution in [0.15, 0.2) is 28.7 Å². The first-order chi connectivity index (χ1) is 8.24. The SMILES string of the molecule is Cc1ccc2oc(C(=O)C3CCCN3)cc2c1. The van der Waals surface area contributed by atoms with Crippen molar-refractivity contribution in [3.8, 4) is 0 Å². The molecule has 0 saturated carbocycles. The molecule has 2 heterocycles. The molecule has 0 aliphatic carbocycles. The van der Waals surface area contributed by atoms with Gasteiger partial charge in [-0.1, -0.05) is 11.6 Å². The maximum Gasteiger partial charge on any atom is 0.214 e. The third-order valence-electron chi connectivity index (χ3n) is 3.29. The van der Waals surface area contributed by atoms with Crippen LogP contribution in [0.1, 0.15) is 29.0 Å². The van der Waals surface area contributed by atoms with E-state index in [0.29, 0.717) is 5.76 Å². The van der Waals surface area contributed by atoms with Crippen molar-refractivity contribution in [2.24, 2.45) is 0 Å². The topological polar surface area (TPSA) is 42.2 Å². The highest BCUT2D eigenvalue weighted by atomic mass is 16.3. The van der Waals surface area contributed by atoms with Crippen LogP contribution < -0.4 is 5.32 Å². The van der Waals surface area contributed by atoms with Crippen molar-refractivity contribution in [1.82, 2.24) is 5.32 Å². The Bertz CT molecular complexity index is 565. The number of Topliss-reactive ketones (excluding diaryl/α,β-unsaturated/α-hetero) is 1. The maximum absolute atomic E-state index is 12.1. The molecule has 3 rings (SSSR count). The van der Waals surface area contributed by atoms with Crippen molar-refractivity contribution in [1.29, 1.82) is 0 Å². The molecule has 1 atom stereocenters. The fraction of sp³-hybridized carbons (Fsp3) is 0.357. The number of nitrogens with one attached hydrogen (secondary N) is 1. The summed E-state index contributed by atoms with van der Waals surface area (Å²) >= 11 is 0. The Balaban J connectivity index is 1.97. The van der Waals surface area contributed by atoms with Gasteiger partial charge in [-0.15, -0.1) is 0 Å². The maximum atomic E-state index is 12.1. The van der Waals surface area contributed by atoms with E-state index in [1.165, 1.54) is 5.56 Å². The number of carbonyl (C=O) groups excluding carboxylic acids is 1. The van der Waals surface area contributed by atoms with Crippen LogP contribution in [0.4, 0.5) is 0 Å². The van der Waals surface area contributed by atoms with Crippen molar-refractivity contribution in [2.75, 3.05) is 6.54 Å². The van der Waals surface area contributed by atoms with Crippen LogP contribution in [0.2, 0.25) is 0 Å². The van der Waals surface area contributed by atoms with Crippen LogP contribution in [0.3, 0.4) is 0 Å². The van der Waals surface area contributed by atoms with Crippen molar-refractivity contribution in [3.63, 3.8) is 0 Å². The van der Waals surface area contributed by atoms with Crippen LogP contribution >= 0.6 is 0 Å². The predicted octanol–water partition coefficient (Wildman–Crippen LogP) is 2.68. The molecular weight excluding hydrogens is 214 g/mol. The van der Waals surface area contributed by atoms with Gasteiger partial charge in [0.05, 0.1) is 6.04 Å². The van der Waals surface area contributed by atoms with Crippen molar-refractivity contribution in [3.05, 3.63) is 35.6 Å². The van der Waals surface area contributed by atoms with Gasteiger partial charge in [0.15, 0.2) is 5.76 Å². The molecule has 1 aliphatic rings. The van der Waals surface area contributed by atoms with E-state index in [4.69, 9.17) is 4.42 Å². The molecule has 1 aromatic carbocycles. The van der Waals surface area contributed by atoms with Crippen molar-refractivity contribution >= 4 is 16.8 Å². The van der Waals surface area contributed by atoms with Gasteiger partial charge in [-0.3, -0.25) is 4.79 Å². The average molecular weight is 229 g/mol. The molecule has 0 radical (unpaired) electrons. The van der Waals surface area contributed by atoms with Crippen LogP contribution in [0.25, 0.3) is 11.0 Å². The highest BCUT2D eigenvalue weighted by molar-refractivity contribution is 6.01. The van der Waals surface area contributed by atoms with Crippen LogP contribution in [0, 0.1) is 6.92 Å². The lowest BCUT2D eigenvalue weighted by atomic mass is 10.1. The molecule has 1 aromatic heterocycles. The number of hydrogen-bond donors (Lipinski definition) is 1. The molecule has 1 saturated heterocycles. The number of benzene rings is 1. The van der Waals surface area contributed by atoms with Crippen LogP contribution in [0.5, 0.6) is 0 Å². The highest BCUT2D eigenvalue weighted by Gasteiger charge is 2.25. The molecule has 1 aliphatic heterocycles. The van der Waals surface area contributed by atoms with Gasteiger partial charge in [0.2, 0.25) is 5.78 Å². The number of rotatable bonds is 2. The Labute approximate surface area is 99.8 Å². The second kappa shape index (κ2) is 4.00. The summed E-state index contributed by atoms with van der Waals surface area (Å²) in [5.74, 6) is 0.557. The smallest absolute Gasteiger partial charge is 0.214 e. The molecule has 3 heteroatoms. The number of hydrogen-bond acceptors (Lipinski definition) is 3. The Morgan fingerprint density at radius 2 is 2.29 bits per heavy atom. The first kappa shape index (κ1) is 10.5. The van der Waals surface area contributed by atoms with Crippen molar-refractivity contribution in [2.45, 2.75) is 25.8 Å². The van der Waals surface area contributed by atoms with Gasteiger partial charge >= 0.3 is 0 Å². The summed E-state index contributed by atoms with van der Waals surface area (Å²) in [6.07, 6.45) is 1.98. The molecule has 3 nitrogen and oxygen atoms in total. The number of aryl methyl sites for hydroxylation is 1. The van der Waals surface area contributed by atoms with Gasteiger partial charge in [-0.2, -0.15) is 0 Å². The van der Waals surface area contributed by atoms with E-state index in [-0.39, 0.29) is 11.8 Å². The minimum absolute atomic E-state index is 0.0586. The predicted molar refractivity (Wildman–Crippen MR) is 66.3 cm³/mol. The third-order valence-corrected chi connectivity index (χ3v) is 3.29. The molecule has 0 bridgehead atoms. The number of ketones is 1. The molecule has 0 spiro atoms. The van der Waals surface area contributed by atoms with Gasteiger partial charge in [0.25, 0.3) is 0 Å². The van der Waals surface area contributed by atoms with Gasteiger partial charge in [-0.05, 0) is 44.5 Å². The molecule has 1 N–H and O–H groups in total. The molecule has 17 heavy (non-hydrogen) atoms. The minimum Gasteiger partial charge on any atom is -0.453 e. The third kappa shape index (κ3) is 1.87. The van der Waals surface area contributed by atoms with E-state index >= 15 is 0 Å². The standard InChI is InChI=1S/C14H15NO2/c1-9-4-5-12-10(7-9)8-13(17-12)14(16)11-3-2-6-15-11/h4-5,7-8,11,15H,2-3,6H2,1H3. The summed E-state index contributed by atoms with van der Waals surface area (Å²) in [7, 11) is 0. The summed E-state index contributed by atoms with van der Waals surface area (Å²) in [4.78, 5) is 12.1. The summed E-state index contributed by atoms with van der Waals surface area (Å²) in [5.41, 5.74) is 1.97. The Morgan fingerprint density at radius 3 is 3.06 bits per heavy atom. The first-order valence-electron chi connectivity index (χ1n) is 6.02. The molecule has 2 aromatic rings. The Kier molecular flexibility index (Phi) is 2.48.